The molecule has 1 fully saturated rings. The Labute approximate surface area is 126 Å². The first-order valence-corrected chi connectivity index (χ1v) is 8.54. The monoisotopic (exact) mass is 311 g/mol. The fourth-order valence-corrected chi connectivity index (χ4v) is 3.85. The highest BCUT2D eigenvalue weighted by molar-refractivity contribution is 8.00. The first-order valence-electron chi connectivity index (χ1n) is 6.27. The molecule has 1 aliphatic rings. The van der Waals surface area contributed by atoms with Gasteiger partial charge in [0.25, 0.3) is 5.91 Å². The van der Waals surface area contributed by atoms with Gasteiger partial charge in [0.2, 0.25) is 0 Å². The lowest BCUT2D eigenvalue weighted by molar-refractivity contribution is -0.141. The highest BCUT2D eigenvalue weighted by atomic mass is 32.2. The van der Waals surface area contributed by atoms with E-state index in [9.17, 15) is 14.7 Å². The van der Waals surface area contributed by atoms with Crippen LogP contribution in [0.25, 0.3) is 0 Å². The van der Waals surface area contributed by atoms with E-state index in [1.165, 1.54) is 16.7 Å². The molecule has 0 spiro atoms. The Kier molecular flexibility index (Phi) is 4.65. The van der Waals surface area contributed by atoms with Crippen molar-refractivity contribution in [2.45, 2.75) is 30.2 Å². The summed E-state index contributed by atoms with van der Waals surface area (Å²) in [5, 5.41) is 9.15. The van der Waals surface area contributed by atoms with E-state index in [-0.39, 0.29) is 11.3 Å². The molecule has 6 heteroatoms. The third-order valence-electron chi connectivity index (χ3n) is 3.42. The van der Waals surface area contributed by atoms with Gasteiger partial charge in [-0.05, 0) is 37.8 Å². The van der Waals surface area contributed by atoms with Gasteiger partial charge in [0.1, 0.15) is 6.04 Å². The zero-order chi connectivity index (χ0) is 14.9. The van der Waals surface area contributed by atoms with Crippen LogP contribution >= 0.6 is 23.5 Å². The van der Waals surface area contributed by atoms with Gasteiger partial charge < -0.3 is 10.0 Å². The summed E-state index contributed by atoms with van der Waals surface area (Å²) >= 11 is 3.07. The summed E-state index contributed by atoms with van der Waals surface area (Å²) in [7, 11) is 0. The van der Waals surface area contributed by atoms with Crippen LogP contribution in [0, 0.1) is 6.92 Å². The quantitative estimate of drug-likeness (QED) is 0.870. The predicted octanol–water partition coefficient (Wildman–Crippen LogP) is 2.71. The number of carboxylic acid groups (broad SMARTS) is 1. The molecule has 0 aliphatic carbocycles. The number of rotatable bonds is 3. The van der Waals surface area contributed by atoms with E-state index in [1.54, 1.807) is 11.8 Å². The zero-order valence-corrected chi connectivity index (χ0v) is 13.3. The third kappa shape index (κ3) is 2.81. The minimum absolute atomic E-state index is 0.110. The van der Waals surface area contributed by atoms with Gasteiger partial charge in [-0.25, -0.2) is 4.79 Å². The molecule has 2 rings (SSSR count). The summed E-state index contributed by atoms with van der Waals surface area (Å²) in [5.74, 6) is -0.680. The molecule has 2 atom stereocenters. The first kappa shape index (κ1) is 15.3. The lowest BCUT2D eigenvalue weighted by Gasteiger charge is -2.26. The van der Waals surface area contributed by atoms with Crippen molar-refractivity contribution in [2.75, 3.05) is 12.0 Å². The maximum Gasteiger partial charge on any atom is 0.327 e. The predicted molar refractivity (Wildman–Crippen MR) is 82.5 cm³/mol. The number of carboxylic acids is 1. The number of hydrogen-bond donors (Lipinski definition) is 1. The van der Waals surface area contributed by atoms with Crippen LogP contribution in [0.3, 0.4) is 0 Å². The van der Waals surface area contributed by atoms with Crippen molar-refractivity contribution in [3.05, 3.63) is 29.3 Å². The summed E-state index contributed by atoms with van der Waals surface area (Å²) in [6, 6.07) is 4.98. The highest BCUT2D eigenvalue weighted by Gasteiger charge is 2.40. The lowest BCUT2D eigenvalue weighted by Crippen LogP contribution is -2.45. The maximum absolute atomic E-state index is 12.7. The molecular formula is C14H17NO3S2. The molecule has 1 N–H and O–H groups in total. The summed E-state index contributed by atoms with van der Waals surface area (Å²) < 4.78 is 0. The van der Waals surface area contributed by atoms with E-state index in [0.29, 0.717) is 11.3 Å². The Balaban J connectivity index is 2.37. The van der Waals surface area contributed by atoms with Crippen molar-refractivity contribution in [1.82, 2.24) is 4.90 Å². The van der Waals surface area contributed by atoms with Gasteiger partial charge >= 0.3 is 5.97 Å². The molecule has 0 saturated carbocycles. The molecule has 0 aromatic heterocycles. The average molecular weight is 311 g/mol. The van der Waals surface area contributed by atoms with Gasteiger partial charge in [-0.15, -0.1) is 23.5 Å². The van der Waals surface area contributed by atoms with E-state index in [1.807, 2.05) is 38.3 Å². The number of hydrogen-bond acceptors (Lipinski definition) is 4. The van der Waals surface area contributed by atoms with Gasteiger partial charge in [-0.2, -0.15) is 0 Å². The van der Waals surface area contributed by atoms with E-state index in [0.717, 1.165) is 10.5 Å². The summed E-state index contributed by atoms with van der Waals surface area (Å²) in [6.45, 7) is 3.75. The van der Waals surface area contributed by atoms with Gasteiger partial charge in [0.15, 0.2) is 0 Å². The van der Waals surface area contributed by atoms with E-state index < -0.39 is 12.0 Å². The lowest BCUT2D eigenvalue weighted by atomic mass is 10.1. The minimum Gasteiger partial charge on any atom is -0.480 e. The smallest absolute Gasteiger partial charge is 0.327 e. The second-order valence-electron chi connectivity index (χ2n) is 4.68. The molecule has 1 aromatic rings. The van der Waals surface area contributed by atoms with Crippen molar-refractivity contribution < 1.29 is 14.7 Å². The molecule has 4 nitrogen and oxygen atoms in total. The number of benzene rings is 1. The molecular weight excluding hydrogens is 294 g/mol. The molecule has 1 heterocycles. The number of aliphatic carboxylic acids is 1. The van der Waals surface area contributed by atoms with Crippen LogP contribution in [0.1, 0.15) is 22.8 Å². The third-order valence-corrected chi connectivity index (χ3v) is 5.36. The fourth-order valence-electron chi connectivity index (χ4n) is 2.24. The highest BCUT2D eigenvalue weighted by Crippen LogP contribution is 2.31. The molecule has 1 aromatic carbocycles. The number of thioether (sulfide) groups is 2. The summed E-state index contributed by atoms with van der Waals surface area (Å²) in [4.78, 5) is 26.5. The van der Waals surface area contributed by atoms with Crippen molar-refractivity contribution in [3.8, 4) is 0 Å². The van der Waals surface area contributed by atoms with Crippen molar-refractivity contribution in [1.29, 1.82) is 0 Å². The summed E-state index contributed by atoms with van der Waals surface area (Å²) in [5.41, 5.74) is 1.47. The van der Waals surface area contributed by atoms with Crippen LogP contribution < -0.4 is 0 Å². The van der Waals surface area contributed by atoms with E-state index in [2.05, 4.69) is 0 Å². The van der Waals surface area contributed by atoms with Crippen LogP contribution in [0.4, 0.5) is 0 Å². The summed E-state index contributed by atoms with van der Waals surface area (Å²) in [6.07, 6.45) is 1.95. The number of carbonyl (C=O) groups is 2. The molecule has 1 amide bonds. The van der Waals surface area contributed by atoms with Crippen molar-refractivity contribution in [3.63, 3.8) is 0 Å². The van der Waals surface area contributed by atoms with Crippen LogP contribution in [-0.4, -0.2) is 45.3 Å². The normalized spacial score (nSPS) is 22.1. The van der Waals surface area contributed by atoms with Crippen LogP contribution in [0.2, 0.25) is 0 Å². The number of nitrogens with zero attached hydrogens (tertiary/aromatic N) is 1. The van der Waals surface area contributed by atoms with Gasteiger partial charge in [0, 0.05) is 16.2 Å². The Morgan fingerprint density at radius 1 is 1.45 bits per heavy atom. The molecule has 1 saturated heterocycles. The van der Waals surface area contributed by atoms with Crippen molar-refractivity contribution in [2.24, 2.45) is 0 Å². The molecule has 108 valence electrons. The molecule has 0 radical (unpaired) electrons. The second kappa shape index (κ2) is 6.10. The average Bonchev–Trinajstić information content (AvgIpc) is 2.80. The maximum atomic E-state index is 12.7. The van der Waals surface area contributed by atoms with Gasteiger partial charge in [0.05, 0.1) is 5.37 Å². The Morgan fingerprint density at radius 3 is 2.75 bits per heavy atom. The number of aryl methyl sites for hydroxylation is 1. The van der Waals surface area contributed by atoms with E-state index >= 15 is 0 Å². The first-order chi connectivity index (χ1) is 9.45. The zero-order valence-electron chi connectivity index (χ0n) is 11.6. The molecule has 2 unspecified atom stereocenters. The topological polar surface area (TPSA) is 57.6 Å². The Bertz CT molecular complexity index is 547. The Hall–Kier alpha value is -1.14. The van der Waals surface area contributed by atoms with Gasteiger partial charge in [-0.3, -0.25) is 4.79 Å². The van der Waals surface area contributed by atoms with E-state index in [4.69, 9.17) is 0 Å². The Morgan fingerprint density at radius 2 is 2.15 bits per heavy atom. The van der Waals surface area contributed by atoms with Crippen LogP contribution in [0.15, 0.2) is 23.1 Å². The van der Waals surface area contributed by atoms with Gasteiger partial charge in [-0.1, -0.05) is 6.07 Å². The SMILES string of the molecule is CSc1ccc(C)c(C(=O)N2C(C)SCC2C(=O)O)c1. The van der Waals surface area contributed by atoms with Crippen LogP contribution in [0.5, 0.6) is 0 Å². The minimum atomic E-state index is -0.936. The second-order valence-corrected chi connectivity index (χ2v) is 6.91. The number of carbonyl (C=O) groups excluding carboxylic acids is 1. The molecule has 0 bridgehead atoms. The van der Waals surface area contributed by atoms with Crippen molar-refractivity contribution >= 4 is 35.4 Å². The fraction of sp³-hybridized carbons (Fsp3) is 0.429. The van der Waals surface area contributed by atoms with Crippen LogP contribution in [-0.2, 0) is 4.79 Å². The molecule has 1 aliphatic heterocycles. The number of amides is 1. The largest absolute Gasteiger partial charge is 0.480 e. The molecule has 20 heavy (non-hydrogen) atoms. The standard InChI is InChI=1S/C14H17NO3S2/c1-8-4-5-10(19-3)6-11(8)13(16)15-9(2)20-7-12(15)14(17)18/h4-6,9,12H,7H2,1-3H3,(H,17,18).